The van der Waals surface area contributed by atoms with Crippen LogP contribution in [0.4, 0.5) is 5.69 Å². The number of hydrazone groups is 1. The Hall–Kier alpha value is -3.45. The number of rotatable bonds is 6. The molecule has 0 heterocycles. The molecule has 0 saturated heterocycles. The largest absolute Gasteiger partial charge is 0.279 e. The van der Waals surface area contributed by atoms with Crippen molar-refractivity contribution in [2.24, 2.45) is 5.10 Å². The molecule has 2 N–H and O–H groups in total. The molecule has 0 bridgehead atoms. The van der Waals surface area contributed by atoms with E-state index in [1.807, 2.05) is 57.2 Å². The number of nitrogens with one attached hydrogen (secondary N) is 2. The number of amides is 1. The van der Waals surface area contributed by atoms with Gasteiger partial charge in [0.05, 0.1) is 16.8 Å². The van der Waals surface area contributed by atoms with Gasteiger partial charge in [-0.15, -0.1) is 0 Å². The van der Waals surface area contributed by atoms with Gasteiger partial charge >= 0.3 is 0 Å². The first-order chi connectivity index (χ1) is 14.2. The van der Waals surface area contributed by atoms with Crippen LogP contribution in [0.5, 0.6) is 0 Å². The summed E-state index contributed by atoms with van der Waals surface area (Å²) in [6.07, 6.45) is 1.53. The standard InChI is InChI=1S/C23H23N3O3S/c1-16-6-4-7-19(13-16)15-24-25-23(27)20-8-5-9-21(14-20)30(28,29)26-22-11-10-17(2)12-18(22)3/h4-15,26H,1-3H3,(H,25,27)/b24-15-. The zero-order valence-electron chi connectivity index (χ0n) is 17.0. The van der Waals surface area contributed by atoms with Crippen molar-refractivity contribution in [1.29, 1.82) is 0 Å². The van der Waals surface area contributed by atoms with E-state index in [0.29, 0.717) is 5.69 Å². The highest BCUT2D eigenvalue weighted by molar-refractivity contribution is 7.92. The van der Waals surface area contributed by atoms with E-state index >= 15 is 0 Å². The highest BCUT2D eigenvalue weighted by Gasteiger charge is 2.17. The number of aryl methyl sites for hydroxylation is 3. The summed E-state index contributed by atoms with van der Waals surface area (Å²) in [5.41, 5.74) is 6.91. The lowest BCUT2D eigenvalue weighted by Gasteiger charge is -2.12. The van der Waals surface area contributed by atoms with E-state index in [9.17, 15) is 13.2 Å². The van der Waals surface area contributed by atoms with E-state index in [4.69, 9.17) is 0 Å². The van der Waals surface area contributed by atoms with E-state index in [1.165, 1.54) is 30.5 Å². The van der Waals surface area contributed by atoms with E-state index < -0.39 is 15.9 Å². The summed E-state index contributed by atoms with van der Waals surface area (Å²) in [4.78, 5) is 12.4. The fourth-order valence-corrected chi connectivity index (χ4v) is 4.09. The third-order valence-electron chi connectivity index (χ3n) is 4.45. The molecule has 154 valence electrons. The maximum absolute atomic E-state index is 12.8. The highest BCUT2D eigenvalue weighted by atomic mass is 32.2. The molecule has 0 saturated carbocycles. The molecule has 0 radical (unpaired) electrons. The molecule has 30 heavy (non-hydrogen) atoms. The maximum Gasteiger partial charge on any atom is 0.271 e. The molecule has 0 unspecified atom stereocenters. The summed E-state index contributed by atoms with van der Waals surface area (Å²) in [5, 5.41) is 3.95. The lowest BCUT2D eigenvalue weighted by atomic mass is 10.1. The molecule has 3 rings (SSSR count). The Balaban J connectivity index is 1.75. The summed E-state index contributed by atoms with van der Waals surface area (Å²) in [6.45, 7) is 5.74. The van der Waals surface area contributed by atoms with Crippen molar-refractivity contribution < 1.29 is 13.2 Å². The van der Waals surface area contributed by atoms with Crippen molar-refractivity contribution in [1.82, 2.24) is 5.43 Å². The second-order valence-electron chi connectivity index (χ2n) is 7.06. The summed E-state index contributed by atoms with van der Waals surface area (Å²) in [5.74, 6) is -0.498. The number of anilines is 1. The SMILES string of the molecule is Cc1cccc(/C=N\NC(=O)c2cccc(S(=O)(=O)Nc3ccc(C)cc3C)c2)c1. The lowest BCUT2D eigenvalue weighted by Crippen LogP contribution is -2.19. The van der Waals surface area contributed by atoms with Gasteiger partial charge in [0.25, 0.3) is 15.9 Å². The number of carbonyl (C=O) groups is 1. The van der Waals surface area contributed by atoms with Gasteiger partial charge in [0, 0.05) is 5.56 Å². The minimum Gasteiger partial charge on any atom is -0.279 e. The van der Waals surface area contributed by atoms with E-state index in [-0.39, 0.29) is 10.5 Å². The molecular formula is C23H23N3O3S. The van der Waals surface area contributed by atoms with Crippen LogP contribution in [0.25, 0.3) is 0 Å². The van der Waals surface area contributed by atoms with Gasteiger partial charge in [-0.2, -0.15) is 5.10 Å². The van der Waals surface area contributed by atoms with Crippen LogP contribution < -0.4 is 10.1 Å². The fourth-order valence-electron chi connectivity index (χ4n) is 2.92. The number of hydrogen-bond acceptors (Lipinski definition) is 4. The average Bonchev–Trinajstić information content (AvgIpc) is 2.70. The molecule has 7 heteroatoms. The number of nitrogens with zero attached hydrogens (tertiary/aromatic N) is 1. The third kappa shape index (κ3) is 5.33. The van der Waals surface area contributed by atoms with Crippen molar-refractivity contribution in [3.05, 3.63) is 94.5 Å². The molecule has 0 fully saturated rings. The van der Waals surface area contributed by atoms with Gasteiger partial charge < -0.3 is 0 Å². The second-order valence-corrected chi connectivity index (χ2v) is 8.75. The number of benzene rings is 3. The minimum absolute atomic E-state index is 0.00205. The molecule has 6 nitrogen and oxygen atoms in total. The Morgan fingerprint density at radius 1 is 0.900 bits per heavy atom. The van der Waals surface area contributed by atoms with Crippen LogP contribution in [0.3, 0.4) is 0 Å². The smallest absolute Gasteiger partial charge is 0.271 e. The predicted molar refractivity (Wildman–Crippen MR) is 119 cm³/mol. The molecule has 0 aliphatic carbocycles. The number of hydrogen-bond donors (Lipinski definition) is 2. The lowest BCUT2D eigenvalue weighted by molar-refractivity contribution is 0.0955. The van der Waals surface area contributed by atoms with Gasteiger partial charge in [-0.3, -0.25) is 9.52 Å². The monoisotopic (exact) mass is 421 g/mol. The molecule has 0 aromatic heterocycles. The van der Waals surface area contributed by atoms with Crippen LogP contribution in [0.15, 0.2) is 76.7 Å². The summed E-state index contributed by atoms with van der Waals surface area (Å²) >= 11 is 0. The molecule has 0 spiro atoms. The Bertz CT molecular complexity index is 1220. The van der Waals surface area contributed by atoms with Crippen LogP contribution in [-0.2, 0) is 10.0 Å². The molecule has 1 amide bonds. The van der Waals surface area contributed by atoms with Crippen molar-refractivity contribution in [2.75, 3.05) is 4.72 Å². The van der Waals surface area contributed by atoms with Crippen molar-refractivity contribution in [3.8, 4) is 0 Å². The van der Waals surface area contributed by atoms with Gasteiger partial charge in [0.15, 0.2) is 0 Å². The first-order valence-electron chi connectivity index (χ1n) is 9.35. The molecule has 0 aliphatic rings. The normalized spacial score (nSPS) is 11.4. The maximum atomic E-state index is 12.8. The van der Waals surface area contributed by atoms with Gasteiger partial charge in [0.1, 0.15) is 0 Å². The van der Waals surface area contributed by atoms with E-state index in [1.54, 1.807) is 6.07 Å². The molecular weight excluding hydrogens is 398 g/mol. The zero-order chi connectivity index (χ0) is 21.7. The highest BCUT2D eigenvalue weighted by Crippen LogP contribution is 2.21. The molecule has 3 aromatic rings. The topological polar surface area (TPSA) is 87.6 Å². The predicted octanol–water partition coefficient (Wildman–Crippen LogP) is 4.18. The van der Waals surface area contributed by atoms with E-state index in [0.717, 1.165) is 22.3 Å². The Morgan fingerprint density at radius 2 is 1.63 bits per heavy atom. The summed E-state index contributed by atoms with van der Waals surface area (Å²) in [6, 6.07) is 18.9. The summed E-state index contributed by atoms with van der Waals surface area (Å²) < 4.78 is 28.1. The second kappa shape index (κ2) is 8.92. The molecule has 0 aliphatic heterocycles. The first kappa shape index (κ1) is 21.3. The van der Waals surface area contributed by atoms with Crippen LogP contribution in [-0.4, -0.2) is 20.5 Å². The van der Waals surface area contributed by atoms with Crippen molar-refractivity contribution in [2.45, 2.75) is 25.7 Å². The summed E-state index contributed by atoms with van der Waals surface area (Å²) in [7, 11) is -3.84. The van der Waals surface area contributed by atoms with E-state index in [2.05, 4.69) is 15.2 Å². The number of carbonyl (C=O) groups excluding carboxylic acids is 1. The van der Waals surface area contributed by atoms with Crippen molar-refractivity contribution >= 4 is 27.8 Å². The molecule has 0 atom stereocenters. The minimum atomic E-state index is -3.84. The van der Waals surface area contributed by atoms with Crippen LogP contribution in [0, 0.1) is 20.8 Å². The van der Waals surface area contributed by atoms with Gasteiger partial charge in [-0.1, -0.05) is 53.6 Å². The first-order valence-corrected chi connectivity index (χ1v) is 10.8. The van der Waals surface area contributed by atoms with Gasteiger partial charge in [-0.25, -0.2) is 13.8 Å². The van der Waals surface area contributed by atoms with Gasteiger partial charge in [0.2, 0.25) is 0 Å². The molecule has 3 aromatic carbocycles. The number of sulfonamides is 1. The van der Waals surface area contributed by atoms with Crippen molar-refractivity contribution in [3.63, 3.8) is 0 Å². The zero-order valence-corrected chi connectivity index (χ0v) is 17.8. The van der Waals surface area contributed by atoms with Crippen LogP contribution in [0.2, 0.25) is 0 Å². The average molecular weight is 422 g/mol. The van der Waals surface area contributed by atoms with Gasteiger partial charge in [-0.05, 0) is 56.2 Å². The van der Waals surface area contributed by atoms with Crippen LogP contribution in [0.1, 0.15) is 32.6 Å². The van der Waals surface area contributed by atoms with Crippen LogP contribution >= 0.6 is 0 Å². The fraction of sp³-hybridized carbons (Fsp3) is 0.130. The quantitative estimate of drug-likeness (QED) is 0.462. The Labute approximate surface area is 176 Å². The Morgan fingerprint density at radius 3 is 2.37 bits per heavy atom. The Kier molecular flexibility index (Phi) is 6.32. The third-order valence-corrected chi connectivity index (χ3v) is 5.82.